The predicted molar refractivity (Wildman–Crippen MR) is 97.7 cm³/mol. The van der Waals surface area contributed by atoms with Crippen LogP contribution in [0.1, 0.15) is 31.9 Å². The third kappa shape index (κ3) is 4.05. The van der Waals surface area contributed by atoms with Crippen LogP contribution in [-0.4, -0.2) is 71.2 Å². The van der Waals surface area contributed by atoms with Crippen LogP contribution in [0.4, 0.5) is 5.82 Å². The van der Waals surface area contributed by atoms with E-state index in [1.807, 2.05) is 0 Å². The number of carboxylic acid groups (broad SMARTS) is 1. The summed E-state index contributed by atoms with van der Waals surface area (Å²) in [5.41, 5.74) is 18.1. The summed E-state index contributed by atoms with van der Waals surface area (Å²) in [5, 5.41) is 29.6. The van der Waals surface area contributed by atoms with Crippen molar-refractivity contribution in [2.45, 2.75) is 62.3 Å². The van der Waals surface area contributed by atoms with Gasteiger partial charge in [0.05, 0.1) is 12.4 Å². The average Bonchev–Trinajstić information content (AvgIpc) is 3.19. The summed E-state index contributed by atoms with van der Waals surface area (Å²) in [4.78, 5) is 22.8. The van der Waals surface area contributed by atoms with E-state index < -0.39 is 36.6 Å². The summed E-state index contributed by atoms with van der Waals surface area (Å²) in [6.07, 6.45) is 0.421. The topological polar surface area (TPSA) is 209 Å². The fourth-order valence-corrected chi connectivity index (χ4v) is 3.35. The standard InChI is InChI=1S/C16H25N7O5/c17-7(2-1-3-8(18)16(26)27)4-9-11(24)12(25)15(28-9)23-6-22-10-13(19)20-5-21-14(10)23/h5-9,11-12,15,24-25H,1-4,17-18H2,(H,26,27)(H2,19,20,21)/t7-,8-,9+,11+,12+,15+/m0/s1. The lowest BCUT2D eigenvalue weighted by Crippen LogP contribution is -2.36. The van der Waals surface area contributed by atoms with Gasteiger partial charge < -0.3 is 37.3 Å². The molecule has 2 aromatic rings. The van der Waals surface area contributed by atoms with Crippen LogP contribution >= 0.6 is 0 Å². The Morgan fingerprint density at radius 3 is 2.68 bits per heavy atom. The van der Waals surface area contributed by atoms with E-state index >= 15 is 0 Å². The molecule has 0 aliphatic carbocycles. The molecule has 28 heavy (non-hydrogen) atoms. The molecule has 1 aliphatic heterocycles. The minimum absolute atomic E-state index is 0.204. The molecular weight excluding hydrogens is 370 g/mol. The molecule has 0 aromatic carbocycles. The van der Waals surface area contributed by atoms with E-state index in [4.69, 9.17) is 27.0 Å². The number of aliphatic carboxylic acids is 1. The molecule has 1 fully saturated rings. The minimum atomic E-state index is -1.20. The predicted octanol–water partition coefficient (Wildman–Crippen LogP) is -1.67. The van der Waals surface area contributed by atoms with Gasteiger partial charge in [-0.2, -0.15) is 0 Å². The molecule has 9 N–H and O–H groups in total. The lowest BCUT2D eigenvalue weighted by molar-refractivity contribution is -0.138. The maximum atomic E-state index is 10.7. The number of carboxylic acids is 1. The SMILES string of the molecule is Nc1ncnc2c1ncn2[C@@H]1O[C@H](C[C@@H](N)CCC[C@H](N)C(=O)O)[C@@H](O)[C@H]1O. The lowest BCUT2D eigenvalue weighted by Gasteiger charge is -2.19. The number of aliphatic hydroxyl groups excluding tert-OH is 2. The average molecular weight is 395 g/mol. The number of aliphatic hydroxyl groups is 2. The van der Waals surface area contributed by atoms with E-state index in [1.54, 1.807) is 0 Å². The number of hydrogen-bond acceptors (Lipinski definition) is 10. The summed E-state index contributed by atoms with van der Waals surface area (Å²) < 4.78 is 7.34. The van der Waals surface area contributed by atoms with Gasteiger partial charge in [-0.25, -0.2) is 15.0 Å². The van der Waals surface area contributed by atoms with Crippen LogP contribution in [0.3, 0.4) is 0 Å². The monoisotopic (exact) mass is 395 g/mol. The zero-order valence-electron chi connectivity index (χ0n) is 15.1. The van der Waals surface area contributed by atoms with Gasteiger partial charge in [-0.05, 0) is 25.7 Å². The van der Waals surface area contributed by atoms with Crippen molar-refractivity contribution in [3.05, 3.63) is 12.7 Å². The third-order valence-corrected chi connectivity index (χ3v) is 4.94. The van der Waals surface area contributed by atoms with Gasteiger partial charge in [0.25, 0.3) is 0 Å². The van der Waals surface area contributed by atoms with Crippen LogP contribution < -0.4 is 17.2 Å². The van der Waals surface area contributed by atoms with E-state index in [0.717, 1.165) is 0 Å². The molecule has 12 heteroatoms. The second-order valence-electron chi connectivity index (χ2n) is 7.00. The smallest absolute Gasteiger partial charge is 0.320 e. The zero-order chi connectivity index (χ0) is 20.4. The Labute approximate surface area is 160 Å². The van der Waals surface area contributed by atoms with Gasteiger partial charge in [-0.1, -0.05) is 0 Å². The van der Waals surface area contributed by atoms with Crippen molar-refractivity contribution in [2.24, 2.45) is 11.5 Å². The fourth-order valence-electron chi connectivity index (χ4n) is 3.35. The van der Waals surface area contributed by atoms with Crippen LogP contribution in [0.25, 0.3) is 11.2 Å². The van der Waals surface area contributed by atoms with Crippen LogP contribution in [0, 0.1) is 0 Å². The van der Waals surface area contributed by atoms with Gasteiger partial charge >= 0.3 is 5.97 Å². The molecule has 6 atom stereocenters. The first kappa shape index (κ1) is 20.4. The molecule has 3 heterocycles. The first-order valence-corrected chi connectivity index (χ1v) is 8.98. The number of imidazole rings is 1. The number of anilines is 1. The van der Waals surface area contributed by atoms with Crippen LogP contribution in [0.5, 0.6) is 0 Å². The number of nitrogens with zero attached hydrogens (tertiary/aromatic N) is 4. The van der Waals surface area contributed by atoms with Crippen molar-refractivity contribution in [1.82, 2.24) is 19.5 Å². The molecule has 0 radical (unpaired) electrons. The first-order valence-electron chi connectivity index (χ1n) is 8.98. The molecule has 2 aromatic heterocycles. The number of hydrogen-bond donors (Lipinski definition) is 6. The number of carbonyl (C=O) groups is 1. The molecule has 154 valence electrons. The molecule has 0 spiro atoms. The maximum absolute atomic E-state index is 10.7. The quantitative estimate of drug-likeness (QED) is 0.297. The van der Waals surface area contributed by atoms with Gasteiger partial charge in [0.1, 0.15) is 30.1 Å². The Kier molecular flexibility index (Phi) is 6.05. The Balaban J connectivity index is 1.62. The van der Waals surface area contributed by atoms with Gasteiger partial charge in [-0.15, -0.1) is 0 Å². The Morgan fingerprint density at radius 2 is 1.96 bits per heavy atom. The first-order chi connectivity index (χ1) is 13.3. The van der Waals surface area contributed by atoms with E-state index in [2.05, 4.69) is 15.0 Å². The van der Waals surface area contributed by atoms with Crippen LogP contribution in [-0.2, 0) is 9.53 Å². The third-order valence-electron chi connectivity index (χ3n) is 4.94. The largest absolute Gasteiger partial charge is 0.480 e. The highest BCUT2D eigenvalue weighted by Crippen LogP contribution is 2.33. The number of rotatable bonds is 8. The minimum Gasteiger partial charge on any atom is -0.480 e. The van der Waals surface area contributed by atoms with Crippen molar-refractivity contribution in [3.8, 4) is 0 Å². The fraction of sp³-hybridized carbons (Fsp3) is 0.625. The molecule has 0 unspecified atom stereocenters. The van der Waals surface area contributed by atoms with Gasteiger partial charge in [0.2, 0.25) is 0 Å². The molecule has 0 amide bonds. The summed E-state index contributed by atoms with van der Waals surface area (Å²) in [6, 6.07) is -1.26. The Bertz CT molecular complexity index is 831. The second-order valence-corrected chi connectivity index (χ2v) is 7.00. The number of aromatic nitrogens is 4. The van der Waals surface area contributed by atoms with E-state index in [0.29, 0.717) is 36.8 Å². The van der Waals surface area contributed by atoms with E-state index in [1.165, 1.54) is 17.2 Å². The highest BCUT2D eigenvalue weighted by atomic mass is 16.6. The molecule has 12 nitrogen and oxygen atoms in total. The number of nitrogen functional groups attached to an aromatic ring is 1. The van der Waals surface area contributed by atoms with Crippen molar-refractivity contribution in [3.63, 3.8) is 0 Å². The molecule has 0 bridgehead atoms. The number of fused-ring (bicyclic) bond motifs is 1. The molecule has 1 aliphatic rings. The van der Waals surface area contributed by atoms with Crippen molar-refractivity contribution >= 4 is 23.0 Å². The van der Waals surface area contributed by atoms with Crippen molar-refractivity contribution in [1.29, 1.82) is 0 Å². The molecule has 3 rings (SSSR count). The Hall–Kier alpha value is -2.38. The Morgan fingerprint density at radius 1 is 1.21 bits per heavy atom. The zero-order valence-corrected chi connectivity index (χ0v) is 15.1. The number of ether oxygens (including phenoxy) is 1. The lowest BCUT2D eigenvalue weighted by atomic mass is 9.98. The van der Waals surface area contributed by atoms with E-state index in [9.17, 15) is 15.0 Å². The van der Waals surface area contributed by atoms with Crippen LogP contribution in [0.15, 0.2) is 12.7 Å². The normalized spacial score (nSPS) is 27.1. The molecule has 0 saturated carbocycles. The summed E-state index contributed by atoms with van der Waals surface area (Å²) in [5.74, 6) is -0.846. The highest BCUT2D eigenvalue weighted by molar-refractivity contribution is 5.81. The van der Waals surface area contributed by atoms with Gasteiger partial charge in [0.15, 0.2) is 17.7 Å². The second kappa shape index (κ2) is 8.32. The molecule has 1 saturated heterocycles. The van der Waals surface area contributed by atoms with Crippen LogP contribution in [0.2, 0.25) is 0 Å². The molecular formula is C16H25N7O5. The highest BCUT2D eigenvalue weighted by Gasteiger charge is 2.44. The van der Waals surface area contributed by atoms with Gasteiger partial charge in [0, 0.05) is 6.04 Å². The van der Waals surface area contributed by atoms with Gasteiger partial charge in [-0.3, -0.25) is 9.36 Å². The summed E-state index contributed by atoms with van der Waals surface area (Å²) in [7, 11) is 0. The maximum Gasteiger partial charge on any atom is 0.320 e. The van der Waals surface area contributed by atoms with E-state index in [-0.39, 0.29) is 11.9 Å². The van der Waals surface area contributed by atoms with Crippen molar-refractivity contribution in [2.75, 3.05) is 5.73 Å². The number of nitrogens with two attached hydrogens (primary N) is 3. The summed E-state index contributed by atoms with van der Waals surface area (Å²) in [6.45, 7) is 0. The van der Waals surface area contributed by atoms with Crippen molar-refractivity contribution < 1.29 is 24.9 Å². The summed E-state index contributed by atoms with van der Waals surface area (Å²) >= 11 is 0.